The second-order valence-electron chi connectivity index (χ2n) is 4.05. The molecule has 0 aliphatic rings. The fourth-order valence-electron chi connectivity index (χ4n) is 1.79. The first kappa shape index (κ1) is 13.0. The van der Waals surface area contributed by atoms with Crippen LogP contribution >= 0.6 is 11.6 Å². The smallest absolute Gasteiger partial charge is 0.142 e. The molecule has 1 heterocycles. The number of benzene rings is 1. The predicted molar refractivity (Wildman–Crippen MR) is 68.4 cm³/mol. The molecule has 0 saturated carbocycles. The monoisotopic (exact) mass is 268 g/mol. The maximum Gasteiger partial charge on any atom is 0.142 e. The third kappa shape index (κ3) is 2.69. The molecule has 0 radical (unpaired) electrons. The molecule has 1 atom stereocenters. The van der Waals surface area contributed by atoms with Gasteiger partial charge >= 0.3 is 0 Å². The van der Waals surface area contributed by atoms with Crippen molar-refractivity contribution in [2.75, 3.05) is 0 Å². The number of rotatable bonds is 4. The number of aryl methyl sites for hydroxylation is 1. The van der Waals surface area contributed by atoms with Crippen molar-refractivity contribution in [1.82, 2.24) is 15.2 Å². The summed E-state index contributed by atoms with van der Waals surface area (Å²) < 4.78 is 15.0. The van der Waals surface area contributed by atoms with Crippen LogP contribution in [0.3, 0.4) is 0 Å². The van der Waals surface area contributed by atoms with Crippen molar-refractivity contribution >= 4 is 11.6 Å². The van der Waals surface area contributed by atoms with Crippen molar-refractivity contribution in [3.63, 3.8) is 0 Å². The number of hydrazine groups is 1. The maximum atomic E-state index is 13.3. The third-order valence-electron chi connectivity index (χ3n) is 2.75. The number of nitrogens with zero attached hydrogens (tertiary/aromatic N) is 2. The summed E-state index contributed by atoms with van der Waals surface area (Å²) in [5, 5.41) is 4.40. The van der Waals surface area contributed by atoms with Gasteiger partial charge in [0.1, 0.15) is 5.82 Å². The largest absolute Gasteiger partial charge is 0.275 e. The van der Waals surface area contributed by atoms with Gasteiger partial charge in [-0.25, -0.2) is 4.39 Å². The second kappa shape index (κ2) is 5.48. The average Bonchev–Trinajstić information content (AvgIpc) is 2.78. The molecule has 1 aromatic heterocycles. The maximum absolute atomic E-state index is 13.3. The van der Waals surface area contributed by atoms with E-state index in [-0.39, 0.29) is 11.1 Å². The lowest BCUT2D eigenvalue weighted by Gasteiger charge is -2.14. The second-order valence-corrected chi connectivity index (χ2v) is 4.43. The Morgan fingerprint density at radius 3 is 2.89 bits per heavy atom. The van der Waals surface area contributed by atoms with Gasteiger partial charge in [0.2, 0.25) is 0 Å². The van der Waals surface area contributed by atoms with Gasteiger partial charge < -0.3 is 0 Å². The minimum absolute atomic E-state index is 0.133. The lowest BCUT2D eigenvalue weighted by molar-refractivity contribution is 0.527. The van der Waals surface area contributed by atoms with Crippen molar-refractivity contribution < 1.29 is 4.39 Å². The van der Waals surface area contributed by atoms with Gasteiger partial charge in [0.05, 0.1) is 16.8 Å². The van der Waals surface area contributed by atoms with Gasteiger partial charge in [-0.2, -0.15) is 5.10 Å². The van der Waals surface area contributed by atoms with E-state index in [1.54, 1.807) is 16.8 Å². The van der Waals surface area contributed by atoms with Crippen LogP contribution in [0.1, 0.15) is 17.3 Å². The number of hydrogen-bond acceptors (Lipinski definition) is 3. The topological polar surface area (TPSA) is 55.9 Å². The van der Waals surface area contributed by atoms with E-state index in [1.807, 2.05) is 19.3 Å². The van der Waals surface area contributed by atoms with Gasteiger partial charge in [0.15, 0.2) is 0 Å². The van der Waals surface area contributed by atoms with Crippen LogP contribution in [0.15, 0.2) is 30.5 Å². The van der Waals surface area contributed by atoms with E-state index >= 15 is 0 Å². The standard InChI is InChI=1S/C12H14ClFN4/c1-18-6-5-10(17-18)11(16-15)7-8-3-2-4-9(14)12(8)13/h2-6,11,16H,7,15H2,1H3. The zero-order chi connectivity index (χ0) is 13.1. The summed E-state index contributed by atoms with van der Waals surface area (Å²) in [6.45, 7) is 0. The zero-order valence-corrected chi connectivity index (χ0v) is 10.7. The first-order valence-electron chi connectivity index (χ1n) is 5.50. The number of hydrogen-bond donors (Lipinski definition) is 2. The van der Waals surface area contributed by atoms with Gasteiger partial charge in [0, 0.05) is 13.2 Å². The van der Waals surface area contributed by atoms with Crippen LogP contribution in [-0.4, -0.2) is 9.78 Å². The molecule has 0 fully saturated rings. The lowest BCUT2D eigenvalue weighted by atomic mass is 10.0. The quantitative estimate of drug-likeness (QED) is 0.658. The Bertz CT molecular complexity index is 541. The van der Waals surface area contributed by atoms with E-state index in [9.17, 15) is 4.39 Å². The van der Waals surface area contributed by atoms with Gasteiger partial charge in [0.25, 0.3) is 0 Å². The molecule has 0 bridgehead atoms. The van der Waals surface area contributed by atoms with E-state index in [1.165, 1.54) is 6.07 Å². The summed E-state index contributed by atoms with van der Waals surface area (Å²) in [5.74, 6) is 5.09. The fourth-order valence-corrected chi connectivity index (χ4v) is 2.00. The molecule has 96 valence electrons. The molecule has 0 amide bonds. The molecule has 18 heavy (non-hydrogen) atoms. The SMILES string of the molecule is Cn1ccc(C(Cc2cccc(F)c2Cl)NN)n1. The van der Waals surface area contributed by atoms with Crippen LogP contribution in [0.5, 0.6) is 0 Å². The summed E-state index contributed by atoms with van der Waals surface area (Å²) in [6.07, 6.45) is 2.30. The van der Waals surface area contributed by atoms with Crippen molar-refractivity contribution in [3.05, 3.63) is 52.6 Å². The van der Waals surface area contributed by atoms with Crippen molar-refractivity contribution in [2.24, 2.45) is 12.9 Å². The Morgan fingerprint density at radius 1 is 1.50 bits per heavy atom. The minimum Gasteiger partial charge on any atom is -0.275 e. The molecule has 1 unspecified atom stereocenters. The first-order valence-corrected chi connectivity index (χ1v) is 5.88. The van der Waals surface area contributed by atoms with Crippen LogP contribution in [0.25, 0.3) is 0 Å². The number of halogens is 2. The predicted octanol–water partition coefficient (Wildman–Crippen LogP) is 1.96. The molecule has 0 aliphatic carbocycles. The molecule has 4 nitrogen and oxygen atoms in total. The van der Waals surface area contributed by atoms with Crippen LogP contribution in [-0.2, 0) is 13.5 Å². The molecule has 2 aromatic rings. The molecule has 3 N–H and O–H groups in total. The number of nitrogens with one attached hydrogen (secondary N) is 1. The summed E-state index contributed by atoms with van der Waals surface area (Å²) in [4.78, 5) is 0. The number of aromatic nitrogens is 2. The average molecular weight is 269 g/mol. The highest BCUT2D eigenvalue weighted by molar-refractivity contribution is 6.31. The summed E-state index contributed by atoms with van der Waals surface area (Å²) in [5.41, 5.74) is 4.16. The Kier molecular flexibility index (Phi) is 3.96. The molecule has 0 saturated heterocycles. The van der Waals surface area contributed by atoms with E-state index < -0.39 is 5.82 Å². The molecular formula is C12H14ClFN4. The van der Waals surface area contributed by atoms with Crippen LogP contribution < -0.4 is 11.3 Å². The zero-order valence-electron chi connectivity index (χ0n) is 9.90. The molecule has 1 aromatic carbocycles. The van der Waals surface area contributed by atoms with Gasteiger partial charge in [-0.15, -0.1) is 0 Å². The highest BCUT2D eigenvalue weighted by atomic mass is 35.5. The van der Waals surface area contributed by atoms with Crippen LogP contribution in [0, 0.1) is 5.82 Å². The molecule has 0 aliphatic heterocycles. The van der Waals surface area contributed by atoms with E-state index in [0.29, 0.717) is 12.0 Å². The molecule has 0 spiro atoms. The molecular weight excluding hydrogens is 255 g/mol. The van der Waals surface area contributed by atoms with Crippen LogP contribution in [0.2, 0.25) is 5.02 Å². The molecule has 2 rings (SSSR count). The van der Waals surface area contributed by atoms with E-state index in [4.69, 9.17) is 17.4 Å². The highest BCUT2D eigenvalue weighted by Gasteiger charge is 2.16. The Labute approximate surface area is 110 Å². The van der Waals surface area contributed by atoms with Crippen molar-refractivity contribution in [2.45, 2.75) is 12.5 Å². The van der Waals surface area contributed by atoms with E-state index in [2.05, 4.69) is 10.5 Å². The van der Waals surface area contributed by atoms with Gasteiger partial charge in [-0.1, -0.05) is 23.7 Å². The Hall–Kier alpha value is -1.43. The number of nitrogens with two attached hydrogens (primary N) is 1. The van der Waals surface area contributed by atoms with Crippen molar-refractivity contribution in [3.8, 4) is 0 Å². The fraction of sp³-hybridized carbons (Fsp3) is 0.250. The third-order valence-corrected chi connectivity index (χ3v) is 3.17. The lowest BCUT2D eigenvalue weighted by Crippen LogP contribution is -2.30. The highest BCUT2D eigenvalue weighted by Crippen LogP contribution is 2.24. The minimum atomic E-state index is -0.425. The van der Waals surface area contributed by atoms with Crippen LogP contribution in [0.4, 0.5) is 4.39 Å². The molecule has 6 heteroatoms. The first-order chi connectivity index (χ1) is 8.61. The summed E-state index contributed by atoms with van der Waals surface area (Å²) >= 11 is 5.92. The summed E-state index contributed by atoms with van der Waals surface area (Å²) in [7, 11) is 1.83. The summed E-state index contributed by atoms with van der Waals surface area (Å²) in [6, 6.07) is 6.39. The Balaban J connectivity index is 2.23. The van der Waals surface area contributed by atoms with E-state index in [0.717, 1.165) is 5.69 Å². The Morgan fingerprint density at radius 2 is 2.28 bits per heavy atom. The normalized spacial score (nSPS) is 12.7. The van der Waals surface area contributed by atoms with Crippen molar-refractivity contribution in [1.29, 1.82) is 0 Å². The van der Waals surface area contributed by atoms with Gasteiger partial charge in [-0.3, -0.25) is 16.0 Å². The van der Waals surface area contributed by atoms with Gasteiger partial charge in [-0.05, 0) is 24.1 Å².